The molecule has 0 radical (unpaired) electrons. The van der Waals surface area contributed by atoms with Crippen molar-refractivity contribution in [3.8, 4) is 6.07 Å². The number of hydrogen-bond acceptors (Lipinski definition) is 3. The van der Waals surface area contributed by atoms with Crippen LogP contribution in [0.2, 0.25) is 0 Å². The van der Waals surface area contributed by atoms with Gasteiger partial charge in [-0.3, -0.25) is 0 Å². The zero-order chi connectivity index (χ0) is 16.9. The largest absolute Gasteiger partial charge is 0.444 e. The standard InChI is InChI=1S/C19H26N2O2/c1-18(2,3)23-17(22)21-13-11-19(15-20,12-14-21)10-9-16-7-5-4-6-8-16/h4-8H,9-14H2,1-3H3. The van der Waals surface area contributed by atoms with E-state index in [1.165, 1.54) is 5.56 Å². The van der Waals surface area contributed by atoms with Crippen LogP contribution in [0.15, 0.2) is 30.3 Å². The fourth-order valence-electron chi connectivity index (χ4n) is 2.89. The minimum Gasteiger partial charge on any atom is -0.444 e. The Balaban J connectivity index is 1.89. The fraction of sp³-hybridized carbons (Fsp3) is 0.579. The molecule has 0 bridgehead atoms. The van der Waals surface area contributed by atoms with Crippen LogP contribution in [0.25, 0.3) is 0 Å². The topological polar surface area (TPSA) is 53.3 Å². The summed E-state index contributed by atoms with van der Waals surface area (Å²) in [5, 5.41) is 9.65. The average molecular weight is 314 g/mol. The van der Waals surface area contributed by atoms with Crippen molar-refractivity contribution in [1.82, 2.24) is 4.90 Å². The van der Waals surface area contributed by atoms with Crippen LogP contribution in [0.5, 0.6) is 0 Å². The van der Waals surface area contributed by atoms with Crippen LogP contribution in [0.4, 0.5) is 4.79 Å². The summed E-state index contributed by atoms with van der Waals surface area (Å²) in [5.74, 6) is 0. The van der Waals surface area contributed by atoms with E-state index in [1.54, 1.807) is 4.90 Å². The number of nitriles is 1. The SMILES string of the molecule is CC(C)(C)OC(=O)N1CCC(C#N)(CCc2ccccc2)CC1. The number of amides is 1. The Labute approximate surface area is 139 Å². The van der Waals surface area contributed by atoms with Crippen LogP contribution in [0.3, 0.4) is 0 Å². The summed E-state index contributed by atoms with van der Waals surface area (Å²) in [4.78, 5) is 13.8. The number of piperidine rings is 1. The highest BCUT2D eigenvalue weighted by Crippen LogP contribution is 2.36. The zero-order valence-corrected chi connectivity index (χ0v) is 14.3. The van der Waals surface area contributed by atoms with Crippen LogP contribution in [-0.4, -0.2) is 29.7 Å². The average Bonchev–Trinajstić information content (AvgIpc) is 2.53. The van der Waals surface area contributed by atoms with Crippen molar-refractivity contribution < 1.29 is 9.53 Å². The number of hydrogen-bond donors (Lipinski definition) is 0. The molecule has 0 saturated carbocycles. The molecule has 23 heavy (non-hydrogen) atoms. The summed E-state index contributed by atoms with van der Waals surface area (Å²) in [6.07, 6.45) is 2.91. The molecule has 0 spiro atoms. The monoisotopic (exact) mass is 314 g/mol. The highest BCUT2D eigenvalue weighted by Gasteiger charge is 2.36. The Hall–Kier alpha value is -2.02. The molecule has 0 aromatic heterocycles. The number of carbonyl (C=O) groups is 1. The van der Waals surface area contributed by atoms with Gasteiger partial charge in [0.15, 0.2) is 0 Å². The highest BCUT2D eigenvalue weighted by molar-refractivity contribution is 5.68. The molecule has 1 aromatic rings. The molecule has 0 atom stereocenters. The number of likely N-dealkylation sites (tertiary alicyclic amines) is 1. The lowest BCUT2D eigenvalue weighted by Gasteiger charge is -2.37. The van der Waals surface area contributed by atoms with Crippen LogP contribution in [0.1, 0.15) is 45.6 Å². The summed E-state index contributed by atoms with van der Waals surface area (Å²) >= 11 is 0. The zero-order valence-electron chi connectivity index (χ0n) is 14.3. The summed E-state index contributed by atoms with van der Waals surface area (Å²) in [6, 6.07) is 12.8. The van der Waals surface area contributed by atoms with Crippen LogP contribution in [-0.2, 0) is 11.2 Å². The lowest BCUT2D eigenvalue weighted by Crippen LogP contribution is -2.45. The van der Waals surface area contributed by atoms with Gasteiger partial charge < -0.3 is 9.64 Å². The third-order valence-corrected chi connectivity index (χ3v) is 4.34. The quantitative estimate of drug-likeness (QED) is 0.841. The molecular weight excluding hydrogens is 288 g/mol. The van der Waals surface area contributed by atoms with Crippen molar-refractivity contribution in [2.24, 2.45) is 5.41 Å². The van der Waals surface area contributed by atoms with E-state index in [4.69, 9.17) is 4.74 Å². The first-order chi connectivity index (χ1) is 10.8. The molecule has 2 rings (SSSR count). The molecular formula is C19H26N2O2. The molecule has 1 saturated heterocycles. The molecule has 4 heteroatoms. The minimum atomic E-state index is -0.478. The number of carbonyl (C=O) groups excluding carboxylic acids is 1. The Morgan fingerprint density at radius 1 is 1.26 bits per heavy atom. The predicted molar refractivity (Wildman–Crippen MR) is 89.9 cm³/mol. The Morgan fingerprint density at radius 2 is 1.87 bits per heavy atom. The van der Waals surface area contributed by atoms with E-state index in [9.17, 15) is 10.1 Å². The van der Waals surface area contributed by atoms with E-state index in [0.29, 0.717) is 13.1 Å². The molecule has 0 unspecified atom stereocenters. The van der Waals surface area contributed by atoms with Crippen LogP contribution >= 0.6 is 0 Å². The first-order valence-corrected chi connectivity index (χ1v) is 8.27. The van der Waals surface area contributed by atoms with E-state index in [0.717, 1.165) is 25.7 Å². The van der Waals surface area contributed by atoms with E-state index in [2.05, 4.69) is 18.2 Å². The molecule has 0 aliphatic carbocycles. The predicted octanol–water partition coefficient (Wildman–Crippen LogP) is 4.16. The summed E-state index contributed by atoms with van der Waals surface area (Å²) in [7, 11) is 0. The van der Waals surface area contributed by atoms with Gasteiger partial charge in [0.1, 0.15) is 5.60 Å². The van der Waals surface area contributed by atoms with Gasteiger partial charge in [-0.2, -0.15) is 5.26 Å². The molecule has 1 aromatic carbocycles. The van der Waals surface area contributed by atoms with E-state index < -0.39 is 5.60 Å². The maximum atomic E-state index is 12.1. The first-order valence-electron chi connectivity index (χ1n) is 8.27. The summed E-state index contributed by atoms with van der Waals surface area (Å²) in [6.45, 7) is 6.80. The van der Waals surface area contributed by atoms with Crippen molar-refractivity contribution in [2.75, 3.05) is 13.1 Å². The van der Waals surface area contributed by atoms with E-state index >= 15 is 0 Å². The molecule has 124 valence electrons. The van der Waals surface area contributed by atoms with Gasteiger partial charge in [-0.1, -0.05) is 30.3 Å². The van der Waals surface area contributed by atoms with Crippen LogP contribution in [0, 0.1) is 16.7 Å². The third kappa shape index (κ3) is 4.99. The molecule has 0 N–H and O–H groups in total. The second kappa shape index (κ2) is 7.04. The second-order valence-corrected chi connectivity index (χ2v) is 7.35. The van der Waals surface area contributed by atoms with Gasteiger partial charge in [0, 0.05) is 13.1 Å². The van der Waals surface area contributed by atoms with E-state index in [1.807, 2.05) is 39.0 Å². The number of nitrogens with zero attached hydrogens (tertiary/aromatic N) is 2. The number of rotatable bonds is 3. The van der Waals surface area contributed by atoms with Gasteiger partial charge in [0.25, 0.3) is 0 Å². The molecule has 4 nitrogen and oxygen atoms in total. The lowest BCUT2D eigenvalue weighted by molar-refractivity contribution is 0.0143. The Bertz CT molecular complexity index is 561. The highest BCUT2D eigenvalue weighted by atomic mass is 16.6. The van der Waals surface area contributed by atoms with Gasteiger partial charge >= 0.3 is 6.09 Å². The van der Waals surface area contributed by atoms with Crippen LogP contribution < -0.4 is 0 Å². The molecule has 1 fully saturated rings. The number of benzene rings is 1. The van der Waals surface area contributed by atoms with Crippen molar-refractivity contribution in [3.63, 3.8) is 0 Å². The number of aryl methyl sites for hydroxylation is 1. The lowest BCUT2D eigenvalue weighted by atomic mass is 9.75. The maximum absolute atomic E-state index is 12.1. The van der Waals surface area contributed by atoms with Gasteiger partial charge in [-0.05, 0) is 52.0 Å². The summed E-state index contributed by atoms with van der Waals surface area (Å²) in [5.41, 5.74) is 0.458. The number of ether oxygens (including phenoxy) is 1. The smallest absolute Gasteiger partial charge is 0.410 e. The van der Waals surface area contributed by atoms with Crippen molar-refractivity contribution in [3.05, 3.63) is 35.9 Å². The first kappa shape index (κ1) is 17.3. The molecule has 1 aliphatic rings. The van der Waals surface area contributed by atoms with E-state index in [-0.39, 0.29) is 11.5 Å². The maximum Gasteiger partial charge on any atom is 0.410 e. The second-order valence-electron chi connectivity index (χ2n) is 7.35. The molecule has 1 aliphatic heterocycles. The van der Waals surface area contributed by atoms with Crippen molar-refractivity contribution >= 4 is 6.09 Å². The van der Waals surface area contributed by atoms with Crippen molar-refractivity contribution in [1.29, 1.82) is 5.26 Å². The normalized spacial score (nSPS) is 17.4. The van der Waals surface area contributed by atoms with Gasteiger partial charge in [0.05, 0.1) is 11.5 Å². The molecule has 1 amide bonds. The van der Waals surface area contributed by atoms with Gasteiger partial charge in [-0.25, -0.2) is 4.79 Å². The van der Waals surface area contributed by atoms with Crippen molar-refractivity contribution in [2.45, 2.75) is 52.1 Å². The Kier molecular flexibility index (Phi) is 5.30. The fourth-order valence-corrected chi connectivity index (χ4v) is 2.89. The Morgan fingerprint density at radius 3 is 2.39 bits per heavy atom. The third-order valence-electron chi connectivity index (χ3n) is 4.34. The molecule has 1 heterocycles. The summed E-state index contributed by atoms with van der Waals surface area (Å²) < 4.78 is 5.41. The van der Waals surface area contributed by atoms with Gasteiger partial charge in [-0.15, -0.1) is 0 Å². The van der Waals surface area contributed by atoms with Gasteiger partial charge in [0.2, 0.25) is 0 Å². The minimum absolute atomic E-state index is 0.271.